The first-order valence-electron chi connectivity index (χ1n) is 5.70. The van der Waals surface area contributed by atoms with Crippen molar-refractivity contribution < 1.29 is 4.52 Å². The summed E-state index contributed by atoms with van der Waals surface area (Å²) in [6.07, 6.45) is 1.64. The Balaban J connectivity index is 2.19. The van der Waals surface area contributed by atoms with Crippen molar-refractivity contribution in [1.29, 1.82) is 0 Å². The number of rotatable bonds is 3. The standard InChI is InChI=1S/C13H12ClN3O/c1-9-3-2-4-11-13(9)17(12(7-14)16-11)8-10-5-6-15-18-10/h2-6H,7-8H2,1H3. The van der Waals surface area contributed by atoms with Crippen molar-refractivity contribution in [1.82, 2.24) is 14.7 Å². The van der Waals surface area contributed by atoms with Gasteiger partial charge in [-0.2, -0.15) is 0 Å². The van der Waals surface area contributed by atoms with Crippen LogP contribution in [0.4, 0.5) is 0 Å². The molecule has 3 rings (SSSR count). The molecule has 0 aliphatic carbocycles. The van der Waals surface area contributed by atoms with Crippen LogP contribution in [0.3, 0.4) is 0 Å². The molecule has 0 aliphatic rings. The maximum absolute atomic E-state index is 5.97. The molecular formula is C13H12ClN3O. The van der Waals surface area contributed by atoms with Crippen LogP contribution in [-0.4, -0.2) is 14.7 Å². The molecule has 4 nitrogen and oxygen atoms in total. The molecule has 2 aromatic heterocycles. The van der Waals surface area contributed by atoms with Crippen LogP contribution in [0.1, 0.15) is 17.1 Å². The number of para-hydroxylation sites is 1. The Labute approximate surface area is 109 Å². The van der Waals surface area contributed by atoms with Gasteiger partial charge >= 0.3 is 0 Å². The van der Waals surface area contributed by atoms with E-state index >= 15 is 0 Å². The van der Waals surface area contributed by atoms with Gasteiger partial charge in [-0.15, -0.1) is 11.6 Å². The van der Waals surface area contributed by atoms with Crippen LogP contribution >= 0.6 is 11.6 Å². The van der Waals surface area contributed by atoms with Crippen molar-refractivity contribution in [2.45, 2.75) is 19.3 Å². The molecule has 0 saturated heterocycles. The van der Waals surface area contributed by atoms with Gasteiger partial charge in [0.1, 0.15) is 5.82 Å². The zero-order valence-electron chi connectivity index (χ0n) is 9.93. The van der Waals surface area contributed by atoms with E-state index in [0.717, 1.165) is 22.6 Å². The summed E-state index contributed by atoms with van der Waals surface area (Å²) in [4.78, 5) is 4.54. The normalized spacial score (nSPS) is 11.2. The first-order chi connectivity index (χ1) is 8.79. The predicted octanol–water partition coefficient (Wildman–Crippen LogP) is 3.12. The second-order valence-electron chi connectivity index (χ2n) is 4.17. The van der Waals surface area contributed by atoms with Crippen LogP contribution < -0.4 is 0 Å². The minimum Gasteiger partial charge on any atom is -0.359 e. The molecule has 0 N–H and O–H groups in total. The van der Waals surface area contributed by atoms with Gasteiger partial charge in [0.15, 0.2) is 5.76 Å². The summed E-state index contributed by atoms with van der Waals surface area (Å²) >= 11 is 5.97. The summed E-state index contributed by atoms with van der Waals surface area (Å²) in [7, 11) is 0. The average Bonchev–Trinajstić information content (AvgIpc) is 2.98. The van der Waals surface area contributed by atoms with Crippen LogP contribution in [-0.2, 0) is 12.4 Å². The van der Waals surface area contributed by atoms with E-state index in [0.29, 0.717) is 12.4 Å². The van der Waals surface area contributed by atoms with Gasteiger partial charge in [0.2, 0.25) is 0 Å². The summed E-state index contributed by atoms with van der Waals surface area (Å²) in [5.41, 5.74) is 3.24. The Bertz CT molecular complexity index is 673. The fourth-order valence-electron chi connectivity index (χ4n) is 2.17. The van der Waals surface area contributed by atoms with E-state index in [1.807, 2.05) is 18.2 Å². The SMILES string of the molecule is Cc1cccc2nc(CCl)n(Cc3ccno3)c12. The van der Waals surface area contributed by atoms with Gasteiger partial charge in [-0.3, -0.25) is 0 Å². The third kappa shape index (κ3) is 1.78. The zero-order chi connectivity index (χ0) is 12.5. The molecule has 0 amide bonds. The maximum atomic E-state index is 5.97. The highest BCUT2D eigenvalue weighted by Crippen LogP contribution is 2.22. The Morgan fingerprint density at radius 3 is 2.94 bits per heavy atom. The predicted molar refractivity (Wildman–Crippen MR) is 69.6 cm³/mol. The molecule has 18 heavy (non-hydrogen) atoms. The molecular weight excluding hydrogens is 250 g/mol. The molecule has 0 aliphatic heterocycles. The summed E-state index contributed by atoms with van der Waals surface area (Å²) in [5.74, 6) is 2.02. The lowest BCUT2D eigenvalue weighted by atomic mass is 10.2. The Morgan fingerprint density at radius 2 is 2.22 bits per heavy atom. The van der Waals surface area contributed by atoms with E-state index in [1.165, 1.54) is 5.56 Å². The molecule has 0 radical (unpaired) electrons. The van der Waals surface area contributed by atoms with Gasteiger partial charge in [-0.1, -0.05) is 17.3 Å². The second kappa shape index (κ2) is 4.46. The summed E-state index contributed by atoms with van der Waals surface area (Å²) in [6, 6.07) is 7.91. The van der Waals surface area contributed by atoms with Crippen LogP contribution in [0, 0.1) is 6.92 Å². The van der Waals surface area contributed by atoms with Crippen LogP contribution in [0.25, 0.3) is 11.0 Å². The van der Waals surface area contributed by atoms with E-state index < -0.39 is 0 Å². The topological polar surface area (TPSA) is 43.9 Å². The van der Waals surface area contributed by atoms with E-state index in [9.17, 15) is 0 Å². The highest BCUT2D eigenvalue weighted by molar-refractivity contribution is 6.16. The number of hydrogen-bond acceptors (Lipinski definition) is 3. The minimum absolute atomic E-state index is 0.377. The molecule has 5 heteroatoms. The van der Waals surface area contributed by atoms with Gasteiger partial charge in [0.05, 0.1) is 29.7 Å². The molecule has 0 fully saturated rings. The number of nitrogens with zero attached hydrogens (tertiary/aromatic N) is 3. The number of halogens is 1. The quantitative estimate of drug-likeness (QED) is 0.681. The Kier molecular flexibility index (Phi) is 2.80. The lowest BCUT2D eigenvalue weighted by Crippen LogP contribution is -2.03. The van der Waals surface area contributed by atoms with Crippen molar-refractivity contribution in [3.05, 3.63) is 47.6 Å². The lowest BCUT2D eigenvalue weighted by Gasteiger charge is -2.06. The van der Waals surface area contributed by atoms with E-state index in [-0.39, 0.29) is 0 Å². The van der Waals surface area contributed by atoms with Crippen LogP contribution in [0.5, 0.6) is 0 Å². The van der Waals surface area contributed by atoms with E-state index in [2.05, 4.69) is 27.7 Å². The minimum atomic E-state index is 0.377. The van der Waals surface area contributed by atoms with Crippen molar-refractivity contribution in [3.8, 4) is 0 Å². The smallest absolute Gasteiger partial charge is 0.156 e. The largest absolute Gasteiger partial charge is 0.359 e. The second-order valence-corrected chi connectivity index (χ2v) is 4.44. The van der Waals surface area contributed by atoms with Crippen LogP contribution in [0.15, 0.2) is 35.0 Å². The average molecular weight is 262 g/mol. The molecule has 0 atom stereocenters. The van der Waals surface area contributed by atoms with E-state index in [1.54, 1.807) is 6.20 Å². The first kappa shape index (κ1) is 11.3. The number of aromatic nitrogens is 3. The summed E-state index contributed by atoms with van der Waals surface area (Å²) in [5, 5.41) is 3.72. The molecule has 0 spiro atoms. The monoisotopic (exact) mass is 261 g/mol. The van der Waals surface area contributed by atoms with Crippen molar-refractivity contribution >= 4 is 22.6 Å². The fraction of sp³-hybridized carbons (Fsp3) is 0.231. The Hall–Kier alpha value is -1.81. The van der Waals surface area contributed by atoms with Gasteiger partial charge in [-0.05, 0) is 18.6 Å². The van der Waals surface area contributed by atoms with Gasteiger partial charge in [0.25, 0.3) is 0 Å². The van der Waals surface area contributed by atoms with Gasteiger partial charge in [0, 0.05) is 6.07 Å². The molecule has 0 bridgehead atoms. The number of alkyl halides is 1. The number of imidazole rings is 1. The molecule has 92 valence electrons. The number of fused-ring (bicyclic) bond motifs is 1. The summed E-state index contributed by atoms with van der Waals surface area (Å²) in [6.45, 7) is 2.67. The highest BCUT2D eigenvalue weighted by Gasteiger charge is 2.13. The highest BCUT2D eigenvalue weighted by atomic mass is 35.5. The third-order valence-electron chi connectivity index (χ3n) is 2.97. The Morgan fingerprint density at radius 1 is 1.33 bits per heavy atom. The molecule has 0 unspecified atom stereocenters. The zero-order valence-corrected chi connectivity index (χ0v) is 10.7. The fourth-order valence-corrected chi connectivity index (χ4v) is 2.37. The molecule has 3 aromatic rings. The van der Waals surface area contributed by atoms with E-state index in [4.69, 9.17) is 16.1 Å². The van der Waals surface area contributed by atoms with Crippen molar-refractivity contribution in [3.63, 3.8) is 0 Å². The third-order valence-corrected chi connectivity index (χ3v) is 3.21. The molecule has 0 saturated carbocycles. The summed E-state index contributed by atoms with van der Waals surface area (Å²) < 4.78 is 7.23. The van der Waals surface area contributed by atoms with Gasteiger partial charge < -0.3 is 9.09 Å². The number of benzene rings is 1. The number of hydrogen-bond donors (Lipinski definition) is 0. The van der Waals surface area contributed by atoms with Crippen molar-refractivity contribution in [2.75, 3.05) is 0 Å². The first-order valence-corrected chi connectivity index (χ1v) is 6.23. The number of aryl methyl sites for hydroxylation is 1. The molecule has 1 aromatic carbocycles. The lowest BCUT2D eigenvalue weighted by molar-refractivity contribution is 0.376. The van der Waals surface area contributed by atoms with Gasteiger partial charge in [-0.25, -0.2) is 4.98 Å². The molecule has 2 heterocycles. The van der Waals surface area contributed by atoms with Crippen molar-refractivity contribution in [2.24, 2.45) is 0 Å². The maximum Gasteiger partial charge on any atom is 0.156 e. The van der Waals surface area contributed by atoms with Crippen LogP contribution in [0.2, 0.25) is 0 Å².